The number of hydrogen-bond acceptors (Lipinski definition) is 4. The smallest absolute Gasteiger partial charge is 0.163 e. The first-order valence-corrected chi connectivity index (χ1v) is 4.12. The van der Waals surface area contributed by atoms with Gasteiger partial charge in [0.15, 0.2) is 11.5 Å². The maximum atomic E-state index is 13.0. The Morgan fingerprint density at radius 2 is 2.13 bits per heavy atom. The molecule has 1 atom stereocenters. The van der Waals surface area contributed by atoms with Gasteiger partial charge in [-0.15, -0.1) is 12.4 Å². The molecule has 0 amide bonds. The lowest BCUT2D eigenvalue weighted by Gasteiger charge is -2.13. The Balaban J connectivity index is 0.00000196. The summed E-state index contributed by atoms with van der Waals surface area (Å²) in [6.07, 6.45) is 0. The molecule has 86 valence electrons. The Hall–Kier alpha value is -1.04. The number of methoxy groups -OCH3 is 1. The molecule has 0 saturated carbocycles. The standard InChI is InChI=1S/C9H13FN2O2.ClH/c1-14-8-3-5(10)2-6(9(8)13)7(12)4-11;/h2-3,7,13H,4,11-12H2,1H3;1H/t7-;/m0./s1. The molecule has 0 aliphatic rings. The molecule has 1 aromatic rings. The molecule has 1 rings (SSSR count). The van der Waals surface area contributed by atoms with E-state index in [0.29, 0.717) is 0 Å². The normalized spacial score (nSPS) is 11.7. The van der Waals surface area contributed by atoms with Gasteiger partial charge >= 0.3 is 0 Å². The van der Waals surface area contributed by atoms with E-state index in [9.17, 15) is 9.50 Å². The number of nitrogens with two attached hydrogens (primary N) is 2. The van der Waals surface area contributed by atoms with Crippen molar-refractivity contribution in [1.82, 2.24) is 0 Å². The molecule has 1 aromatic carbocycles. The molecular weight excluding hydrogens is 223 g/mol. The SMILES string of the molecule is COc1cc(F)cc([C@@H](N)CN)c1O.Cl. The van der Waals surface area contributed by atoms with Crippen LogP contribution >= 0.6 is 12.4 Å². The number of rotatable bonds is 3. The third-order valence-corrected chi connectivity index (χ3v) is 1.94. The van der Waals surface area contributed by atoms with Crippen molar-refractivity contribution in [2.75, 3.05) is 13.7 Å². The molecule has 0 unspecified atom stereocenters. The molecule has 4 nitrogen and oxygen atoms in total. The van der Waals surface area contributed by atoms with E-state index < -0.39 is 11.9 Å². The van der Waals surface area contributed by atoms with Crippen LogP contribution in [0, 0.1) is 5.82 Å². The van der Waals surface area contributed by atoms with Gasteiger partial charge in [-0.1, -0.05) is 0 Å². The van der Waals surface area contributed by atoms with Gasteiger partial charge in [-0.25, -0.2) is 4.39 Å². The minimum absolute atomic E-state index is 0. The van der Waals surface area contributed by atoms with Gasteiger partial charge in [-0.3, -0.25) is 0 Å². The summed E-state index contributed by atoms with van der Waals surface area (Å²) in [6.45, 7) is 0.125. The summed E-state index contributed by atoms with van der Waals surface area (Å²) in [7, 11) is 1.34. The van der Waals surface area contributed by atoms with E-state index in [1.165, 1.54) is 7.11 Å². The largest absolute Gasteiger partial charge is 0.504 e. The van der Waals surface area contributed by atoms with Crippen LogP contribution in [0.2, 0.25) is 0 Å². The van der Waals surface area contributed by atoms with E-state index in [2.05, 4.69) is 0 Å². The van der Waals surface area contributed by atoms with Crippen LogP contribution < -0.4 is 16.2 Å². The van der Waals surface area contributed by atoms with Crippen LogP contribution in [-0.2, 0) is 0 Å². The van der Waals surface area contributed by atoms with Gasteiger partial charge in [-0.2, -0.15) is 0 Å². The van der Waals surface area contributed by atoms with Crippen molar-refractivity contribution in [3.63, 3.8) is 0 Å². The van der Waals surface area contributed by atoms with Crippen molar-refractivity contribution < 1.29 is 14.2 Å². The lowest BCUT2D eigenvalue weighted by Crippen LogP contribution is -2.21. The van der Waals surface area contributed by atoms with Gasteiger partial charge in [0, 0.05) is 24.2 Å². The first-order chi connectivity index (χ1) is 6.60. The summed E-state index contributed by atoms with van der Waals surface area (Å²) >= 11 is 0. The van der Waals surface area contributed by atoms with Crippen molar-refractivity contribution >= 4 is 12.4 Å². The third kappa shape index (κ3) is 2.95. The predicted octanol–water partition coefficient (Wildman–Crippen LogP) is 0.920. The van der Waals surface area contributed by atoms with Gasteiger partial charge in [0.2, 0.25) is 0 Å². The topological polar surface area (TPSA) is 81.5 Å². The number of halogens is 2. The number of ether oxygens (including phenoxy) is 1. The Kier molecular flexibility index (Phi) is 5.35. The predicted molar refractivity (Wildman–Crippen MR) is 57.8 cm³/mol. The minimum atomic E-state index is -0.598. The van der Waals surface area contributed by atoms with Crippen molar-refractivity contribution in [1.29, 1.82) is 0 Å². The van der Waals surface area contributed by atoms with Crippen molar-refractivity contribution in [2.45, 2.75) is 6.04 Å². The van der Waals surface area contributed by atoms with Crippen molar-refractivity contribution in [3.05, 3.63) is 23.5 Å². The maximum Gasteiger partial charge on any atom is 0.163 e. The quantitative estimate of drug-likeness (QED) is 0.729. The number of phenolic OH excluding ortho intramolecular Hbond substituents is 1. The average Bonchev–Trinajstić information content (AvgIpc) is 2.19. The molecule has 0 spiro atoms. The van der Waals surface area contributed by atoms with Crippen LogP contribution in [0.25, 0.3) is 0 Å². The molecular formula is C9H14ClFN2O2. The van der Waals surface area contributed by atoms with Crippen LogP contribution in [0.5, 0.6) is 11.5 Å². The fraction of sp³-hybridized carbons (Fsp3) is 0.333. The minimum Gasteiger partial charge on any atom is -0.504 e. The highest BCUT2D eigenvalue weighted by atomic mass is 35.5. The van der Waals surface area contributed by atoms with Crippen LogP contribution in [-0.4, -0.2) is 18.8 Å². The molecule has 0 radical (unpaired) electrons. The van der Waals surface area contributed by atoms with E-state index in [-0.39, 0.29) is 36.0 Å². The van der Waals surface area contributed by atoms with E-state index in [1.54, 1.807) is 0 Å². The summed E-state index contributed by atoms with van der Waals surface area (Å²) < 4.78 is 17.8. The maximum absolute atomic E-state index is 13.0. The Morgan fingerprint density at radius 3 is 2.60 bits per heavy atom. The highest BCUT2D eigenvalue weighted by Gasteiger charge is 2.15. The highest BCUT2D eigenvalue weighted by molar-refractivity contribution is 5.85. The van der Waals surface area contributed by atoms with Crippen LogP contribution in [0.3, 0.4) is 0 Å². The van der Waals surface area contributed by atoms with E-state index in [0.717, 1.165) is 12.1 Å². The zero-order valence-corrected chi connectivity index (χ0v) is 9.05. The molecule has 5 N–H and O–H groups in total. The summed E-state index contributed by atoms with van der Waals surface area (Å²) in [5.74, 6) is -0.616. The second-order valence-electron chi connectivity index (χ2n) is 2.89. The van der Waals surface area contributed by atoms with Crippen molar-refractivity contribution in [2.24, 2.45) is 11.5 Å². The van der Waals surface area contributed by atoms with Gasteiger partial charge in [0.05, 0.1) is 7.11 Å². The monoisotopic (exact) mass is 236 g/mol. The average molecular weight is 237 g/mol. The first-order valence-electron chi connectivity index (χ1n) is 4.12. The van der Waals surface area contributed by atoms with Gasteiger partial charge in [0.25, 0.3) is 0 Å². The molecule has 0 aliphatic carbocycles. The first kappa shape index (κ1) is 14.0. The second kappa shape index (κ2) is 5.75. The molecule has 0 fully saturated rings. The van der Waals surface area contributed by atoms with Gasteiger partial charge < -0.3 is 21.3 Å². The van der Waals surface area contributed by atoms with Crippen LogP contribution in [0.1, 0.15) is 11.6 Å². The summed E-state index contributed by atoms with van der Waals surface area (Å²) in [5.41, 5.74) is 11.1. The molecule has 6 heteroatoms. The van der Waals surface area contributed by atoms with Gasteiger partial charge in [-0.05, 0) is 6.07 Å². The lowest BCUT2D eigenvalue weighted by atomic mass is 10.1. The number of phenols is 1. The van der Waals surface area contributed by atoms with Crippen LogP contribution in [0.15, 0.2) is 12.1 Å². The highest BCUT2D eigenvalue weighted by Crippen LogP contribution is 2.33. The fourth-order valence-corrected chi connectivity index (χ4v) is 1.16. The van der Waals surface area contributed by atoms with E-state index in [4.69, 9.17) is 16.2 Å². The molecule has 0 bridgehead atoms. The van der Waals surface area contributed by atoms with Crippen LogP contribution in [0.4, 0.5) is 4.39 Å². The summed E-state index contributed by atoms with van der Waals surface area (Å²) in [4.78, 5) is 0. The van der Waals surface area contributed by atoms with Gasteiger partial charge in [0.1, 0.15) is 5.82 Å². The number of benzene rings is 1. The molecule has 0 aromatic heterocycles. The summed E-state index contributed by atoms with van der Waals surface area (Å²) in [5, 5.41) is 9.59. The fourth-order valence-electron chi connectivity index (χ4n) is 1.16. The molecule has 15 heavy (non-hydrogen) atoms. The lowest BCUT2D eigenvalue weighted by molar-refractivity contribution is 0.365. The number of hydrogen-bond donors (Lipinski definition) is 3. The zero-order chi connectivity index (χ0) is 10.7. The molecule has 0 aliphatic heterocycles. The van der Waals surface area contributed by atoms with E-state index >= 15 is 0 Å². The van der Waals surface area contributed by atoms with Crippen molar-refractivity contribution in [3.8, 4) is 11.5 Å². The number of aromatic hydroxyl groups is 1. The Labute approximate surface area is 93.4 Å². The summed E-state index contributed by atoms with van der Waals surface area (Å²) in [6, 6.07) is 1.64. The molecule has 0 saturated heterocycles. The third-order valence-electron chi connectivity index (χ3n) is 1.94. The second-order valence-corrected chi connectivity index (χ2v) is 2.89. The Morgan fingerprint density at radius 1 is 1.53 bits per heavy atom. The zero-order valence-electron chi connectivity index (χ0n) is 8.24. The Bertz CT molecular complexity index is 336. The van der Waals surface area contributed by atoms with E-state index in [1.807, 2.05) is 0 Å². The molecule has 0 heterocycles.